The van der Waals surface area contributed by atoms with Gasteiger partial charge in [0.05, 0.1) is 0 Å². The van der Waals surface area contributed by atoms with E-state index in [1.54, 1.807) is 0 Å². The second-order valence-corrected chi connectivity index (χ2v) is 6.94. The van der Waals surface area contributed by atoms with Crippen LogP contribution in [0.15, 0.2) is 24.3 Å². The topological polar surface area (TPSA) is 64.3 Å². The van der Waals surface area contributed by atoms with Crippen LogP contribution in [-0.2, 0) is 11.3 Å². The van der Waals surface area contributed by atoms with E-state index in [-0.39, 0.29) is 6.61 Å². The minimum atomic E-state index is -0.458. The number of benzene rings is 1. The van der Waals surface area contributed by atoms with Crippen LogP contribution in [0.4, 0.5) is 0 Å². The number of nitrogens with one attached hydrogen (secondary N) is 1. The van der Waals surface area contributed by atoms with Crippen molar-refractivity contribution in [3.8, 4) is 5.75 Å². The van der Waals surface area contributed by atoms with E-state index >= 15 is 0 Å². The predicted octanol–water partition coefficient (Wildman–Crippen LogP) is 2.46. The summed E-state index contributed by atoms with van der Waals surface area (Å²) in [6.07, 6.45) is 2.48. The van der Waals surface area contributed by atoms with Crippen LogP contribution >= 0.6 is 0 Å². The number of hydrogen-bond acceptors (Lipinski definition) is 3. The molecular formula is C17H26N2O2. The van der Waals surface area contributed by atoms with Crippen molar-refractivity contribution in [2.45, 2.75) is 46.2 Å². The molecule has 2 rings (SSSR count). The molecule has 3 N–H and O–H groups in total. The van der Waals surface area contributed by atoms with Gasteiger partial charge in [0.15, 0.2) is 6.61 Å². The number of hydrogen-bond donors (Lipinski definition) is 2. The van der Waals surface area contributed by atoms with E-state index in [9.17, 15) is 4.79 Å². The number of ether oxygens (including phenoxy) is 1. The third-order valence-corrected chi connectivity index (χ3v) is 4.18. The highest BCUT2D eigenvalue weighted by atomic mass is 16.5. The van der Waals surface area contributed by atoms with Crippen molar-refractivity contribution in [1.29, 1.82) is 0 Å². The Labute approximate surface area is 127 Å². The zero-order valence-corrected chi connectivity index (χ0v) is 13.2. The minimum absolute atomic E-state index is 0.0786. The lowest BCUT2D eigenvalue weighted by atomic mass is 9.91. The summed E-state index contributed by atoms with van der Waals surface area (Å²) in [4.78, 5) is 10.7. The van der Waals surface area contributed by atoms with Crippen LogP contribution in [0.3, 0.4) is 0 Å². The Hall–Kier alpha value is -1.55. The first-order chi connectivity index (χ1) is 9.85. The maximum atomic E-state index is 10.7. The highest BCUT2D eigenvalue weighted by Gasteiger charge is 2.36. The van der Waals surface area contributed by atoms with Gasteiger partial charge in [0.1, 0.15) is 5.75 Å². The molecule has 4 nitrogen and oxygen atoms in total. The van der Waals surface area contributed by atoms with Crippen LogP contribution in [0.25, 0.3) is 0 Å². The first-order valence-corrected chi connectivity index (χ1v) is 7.59. The van der Waals surface area contributed by atoms with E-state index in [4.69, 9.17) is 10.5 Å². The third-order valence-electron chi connectivity index (χ3n) is 4.18. The Bertz CT molecular complexity index is 499. The fourth-order valence-electron chi connectivity index (χ4n) is 3.32. The van der Waals surface area contributed by atoms with Gasteiger partial charge >= 0.3 is 0 Å². The van der Waals surface area contributed by atoms with Gasteiger partial charge in [0, 0.05) is 12.6 Å². The molecule has 0 saturated heterocycles. The van der Waals surface area contributed by atoms with E-state index in [0.717, 1.165) is 12.1 Å². The number of carbonyl (C=O) groups is 1. The van der Waals surface area contributed by atoms with E-state index in [2.05, 4.69) is 32.2 Å². The SMILES string of the molecule is C[C@@H]1CC(C)(C)C[C@H]1NCc1cccc(OCC(N)=O)c1. The van der Waals surface area contributed by atoms with Crippen molar-refractivity contribution in [2.24, 2.45) is 17.1 Å². The second kappa shape index (κ2) is 6.48. The Morgan fingerprint density at radius 3 is 2.81 bits per heavy atom. The molecule has 1 aliphatic rings. The quantitative estimate of drug-likeness (QED) is 0.846. The molecule has 1 saturated carbocycles. The molecule has 2 atom stereocenters. The fraction of sp³-hybridized carbons (Fsp3) is 0.588. The Balaban J connectivity index is 1.88. The van der Waals surface area contributed by atoms with Gasteiger partial charge in [-0.1, -0.05) is 32.9 Å². The molecule has 1 fully saturated rings. The van der Waals surface area contributed by atoms with Crippen molar-refractivity contribution in [3.63, 3.8) is 0 Å². The molecule has 21 heavy (non-hydrogen) atoms. The minimum Gasteiger partial charge on any atom is -0.484 e. The molecule has 0 aromatic heterocycles. The van der Waals surface area contributed by atoms with Gasteiger partial charge in [0.2, 0.25) is 0 Å². The van der Waals surface area contributed by atoms with Gasteiger partial charge in [0.25, 0.3) is 5.91 Å². The second-order valence-electron chi connectivity index (χ2n) is 6.94. The maximum absolute atomic E-state index is 10.7. The van der Waals surface area contributed by atoms with E-state index in [1.807, 2.05) is 18.2 Å². The van der Waals surface area contributed by atoms with Crippen molar-refractivity contribution >= 4 is 5.91 Å². The fourth-order valence-corrected chi connectivity index (χ4v) is 3.32. The lowest BCUT2D eigenvalue weighted by Crippen LogP contribution is -2.31. The summed E-state index contributed by atoms with van der Waals surface area (Å²) < 4.78 is 5.33. The maximum Gasteiger partial charge on any atom is 0.255 e. The normalized spacial score (nSPS) is 24.0. The summed E-state index contributed by atoms with van der Waals surface area (Å²) in [5, 5.41) is 3.65. The van der Waals surface area contributed by atoms with E-state index in [1.165, 1.54) is 12.8 Å². The van der Waals surface area contributed by atoms with Gasteiger partial charge in [-0.3, -0.25) is 4.79 Å². The summed E-state index contributed by atoms with van der Waals surface area (Å²) in [6.45, 7) is 7.73. The van der Waals surface area contributed by atoms with Crippen LogP contribution in [0, 0.1) is 11.3 Å². The van der Waals surface area contributed by atoms with Crippen molar-refractivity contribution in [3.05, 3.63) is 29.8 Å². The Kier molecular flexibility index (Phi) is 4.88. The Morgan fingerprint density at radius 2 is 2.19 bits per heavy atom. The summed E-state index contributed by atoms with van der Waals surface area (Å²) in [5.74, 6) is 0.933. The van der Waals surface area contributed by atoms with Crippen LogP contribution in [0.2, 0.25) is 0 Å². The lowest BCUT2D eigenvalue weighted by Gasteiger charge is -2.19. The molecular weight excluding hydrogens is 264 g/mol. The summed E-state index contributed by atoms with van der Waals surface area (Å²) >= 11 is 0. The van der Waals surface area contributed by atoms with Crippen molar-refractivity contribution in [2.75, 3.05) is 6.61 Å². The van der Waals surface area contributed by atoms with Gasteiger partial charge in [-0.25, -0.2) is 0 Å². The number of carbonyl (C=O) groups excluding carboxylic acids is 1. The van der Waals surface area contributed by atoms with Crippen LogP contribution < -0.4 is 15.8 Å². The van der Waals surface area contributed by atoms with Crippen molar-refractivity contribution < 1.29 is 9.53 Å². The molecule has 0 bridgehead atoms. The molecule has 0 heterocycles. The Morgan fingerprint density at radius 1 is 1.43 bits per heavy atom. The van der Waals surface area contributed by atoms with Gasteiger partial charge in [-0.05, 0) is 41.9 Å². The van der Waals surface area contributed by atoms with Gasteiger partial charge in [-0.15, -0.1) is 0 Å². The highest BCUT2D eigenvalue weighted by molar-refractivity contribution is 5.75. The lowest BCUT2D eigenvalue weighted by molar-refractivity contribution is -0.119. The molecule has 0 aliphatic heterocycles. The van der Waals surface area contributed by atoms with Crippen LogP contribution in [0.5, 0.6) is 5.75 Å². The number of nitrogens with two attached hydrogens (primary N) is 1. The van der Waals surface area contributed by atoms with Crippen molar-refractivity contribution in [1.82, 2.24) is 5.32 Å². The predicted molar refractivity (Wildman–Crippen MR) is 83.9 cm³/mol. The first-order valence-electron chi connectivity index (χ1n) is 7.59. The van der Waals surface area contributed by atoms with Crippen LogP contribution in [-0.4, -0.2) is 18.6 Å². The molecule has 0 spiro atoms. The van der Waals surface area contributed by atoms with Gasteiger partial charge in [-0.2, -0.15) is 0 Å². The number of amides is 1. The zero-order chi connectivity index (χ0) is 15.5. The van der Waals surface area contributed by atoms with Crippen LogP contribution in [0.1, 0.15) is 39.2 Å². The zero-order valence-electron chi connectivity index (χ0n) is 13.2. The highest BCUT2D eigenvalue weighted by Crippen LogP contribution is 2.40. The average molecular weight is 290 g/mol. The van der Waals surface area contributed by atoms with E-state index in [0.29, 0.717) is 23.1 Å². The summed E-state index contributed by atoms with van der Waals surface area (Å²) in [7, 11) is 0. The molecule has 0 unspecified atom stereocenters. The molecule has 116 valence electrons. The molecule has 1 aromatic carbocycles. The standard InChI is InChI=1S/C17H26N2O2/c1-12-8-17(2,3)9-15(12)19-10-13-5-4-6-14(7-13)21-11-16(18)20/h4-7,12,15,19H,8-11H2,1-3H3,(H2,18,20)/t12-,15-/m1/s1. The first kappa shape index (κ1) is 15.8. The monoisotopic (exact) mass is 290 g/mol. The average Bonchev–Trinajstić information content (AvgIpc) is 2.67. The number of rotatable bonds is 6. The van der Waals surface area contributed by atoms with E-state index < -0.39 is 5.91 Å². The summed E-state index contributed by atoms with van der Waals surface area (Å²) in [6, 6.07) is 8.37. The van der Waals surface area contributed by atoms with Gasteiger partial charge < -0.3 is 15.8 Å². The molecule has 1 amide bonds. The molecule has 4 heteroatoms. The number of primary amides is 1. The summed E-state index contributed by atoms with van der Waals surface area (Å²) in [5.41, 5.74) is 6.68. The smallest absolute Gasteiger partial charge is 0.255 e. The molecule has 1 aromatic rings. The largest absolute Gasteiger partial charge is 0.484 e. The molecule has 1 aliphatic carbocycles. The third kappa shape index (κ3) is 4.74. The molecule has 0 radical (unpaired) electrons.